The third-order valence-electron chi connectivity index (χ3n) is 4.57. The van der Waals surface area contributed by atoms with Gasteiger partial charge in [0, 0.05) is 0 Å². The van der Waals surface area contributed by atoms with Gasteiger partial charge in [0.05, 0.1) is 0 Å². The van der Waals surface area contributed by atoms with Gasteiger partial charge in [-0.1, -0.05) is 11.6 Å². The largest absolute Gasteiger partial charge is 0.0853 e. The molecule has 2 saturated carbocycles. The van der Waals surface area contributed by atoms with E-state index in [2.05, 4.69) is 13.0 Å². The number of rotatable bonds is 0. The minimum absolute atomic E-state index is 1.10. The van der Waals surface area contributed by atoms with E-state index in [0.717, 1.165) is 23.7 Å². The fraction of sp³-hybridized carbons (Fsp3) is 0.833. The second-order valence-electron chi connectivity index (χ2n) is 5.15. The molecule has 66 valence electrons. The first-order valence-electron chi connectivity index (χ1n) is 5.50. The maximum atomic E-state index is 2.50. The van der Waals surface area contributed by atoms with Crippen LogP contribution in [0.5, 0.6) is 0 Å². The summed E-state index contributed by atoms with van der Waals surface area (Å²) in [6, 6.07) is 0. The molecule has 4 atom stereocenters. The van der Waals surface area contributed by atoms with E-state index in [9.17, 15) is 0 Å². The molecular formula is C12H18. The molecule has 0 nitrogen and oxygen atoms in total. The van der Waals surface area contributed by atoms with E-state index in [-0.39, 0.29) is 0 Å². The Bertz CT molecular complexity index is 226. The average molecular weight is 162 g/mol. The van der Waals surface area contributed by atoms with Gasteiger partial charge in [0.25, 0.3) is 0 Å². The zero-order valence-electron chi connectivity index (χ0n) is 7.92. The van der Waals surface area contributed by atoms with Crippen molar-refractivity contribution < 1.29 is 0 Å². The normalized spacial score (nSPS) is 50.6. The van der Waals surface area contributed by atoms with E-state index in [4.69, 9.17) is 0 Å². The summed E-state index contributed by atoms with van der Waals surface area (Å²) in [4.78, 5) is 0. The lowest BCUT2D eigenvalue weighted by Crippen LogP contribution is -2.24. The number of hydrogen-bond acceptors (Lipinski definition) is 0. The van der Waals surface area contributed by atoms with Crippen molar-refractivity contribution in [1.82, 2.24) is 0 Å². The summed E-state index contributed by atoms with van der Waals surface area (Å²) in [5, 5.41) is 0. The van der Waals surface area contributed by atoms with E-state index in [1.807, 2.05) is 0 Å². The molecule has 0 saturated heterocycles. The Labute approximate surface area is 75.0 Å². The molecule has 0 aromatic rings. The Morgan fingerprint density at radius 3 is 2.75 bits per heavy atom. The highest BCUT2D eigenvalue weighted by atomic mass is 14.5. The van der Waals surface area contributed by atoms with Crippen LogP contribution in [0.3, 0.4) is 0 Å². The van der Waals surface area contributed by atoms with E-state index in [1.54, 1.807) is 24.8 Å². The fourth-order valence-corrected chi connectivity index (χ4v) is 4.01. The predicted molar refractivity (Wildman–Crippen MR) is 50.8 cm³/mol. The molecule has 0 unspecified atom stereocenters. The van der Waals surface area contributed by atoms with Crippen molar-refractivity contribution >= 4 is 0 Å². The van der Waals surface area contributed by atoms with Crippen molar-refractivity contribution in [2.75, 3.05) is 0 Å². The molecule has 2 fully saturated rings. The summed E-state index contributed by atoms with van der Waals surface area (Å²) in [6.07, 6.45) is 10.0. The zero-order valence-corrected chi connectivity index (χ0v) is 7.92. The van der Waals surface area contributed by atoms with Crippen molar-refractivity contribution in [1.29, 1.82) is 0 Å². The van der Waals surface area contributed by atoms with Crippen molar-refractivity contribution in [3.8, 4) is 0 Å². The number of hydrogen-bond donors (Lipinski definition) is 0. The van der Waals surface area contributed by atoms with E-state index < -0.39 is 0 Å². The highest BCUT2D eigenvalue weighted by Crippen LogP contribution is 2.56. The monoisotopic (exact) mass is 162 g/mol. The Balaban J connectivity index is 1.88. The van der Waals surface area contributed by atoms with Gasteiger partial charge in [0.2, 0.25) is 0 Å². The van der Waals surface area contributed by atoms with Crippen LogP contribution in [0.4, 0.5) is 0 Å². The molecule has 3 aliphatic carbocycles. The van der Waals surface area contributed by atoms with Crippen LogP contribution < -0.4 is 0 Å². The van der Waals surface area contributed by atoms with Gasteiger partial charge in [-0.25, -0.2) is 0 Å². The molecule has 3 rings (SSSR count). The van der Waals surface area contributed by atoms with E-state index in [1.165, 1.54) is 12.8 Å². The number of allylic oxidation sites excluding steroid dienone is 2. The Morgan fingerprint density at radius 1 is 1.17 bits per heavy atom. The Hall–Kier alpha value is -0.260. The van der Waals surface area contributed by atoms with Crippen molar-refractivity contribution in [2.24, 2.45) is 23.7 Å². The van der Waals surface area contributed by atoms with Crippen molar-refractivity contribution in [3.63, 3.8) is 0 Å². The van der Waals surface area contributed by atoms with Crippen LogP contribution in [0.25, 0.3) is 0 Å². The van der Waals surface area contributed by atoms with Gasteiger partial charge in [0.1, 0.15) is 0 Å². The summed E-state index contributed by atoms with van der Waals surface area (Å²) in [7, 11) is 0. The molecular weight excluding hydrogens is 144 g/mol. The maximum absolute atomic E-state index is 2.50. The molecule has 0 N–H and O–H groups in total. The van der Waals surface area contributed by atoms with Crippen LogP contribution >= 0.6 is 0 Å². The summed E-state index contributed by atoms with van der Waals surface area (Å²) < 4.78 is 0. The molecule has 0 amide bonds. The Kier molecular flexibility index (Phi) is 1.42. The lowest BCUT2D eigenvalue weighted by Gasteiger charge is -2.34. The second kappa shape index (κ2) is 2.37. The highest BCUT2D eigenvalue weighted by molar-refractivity contribution is 5.11. The van der Waals surface area contributed by atoms with Gasteiger partial charge in [-0.2, -0.15) is 0 Å². The first-order chi connectivity index (χ1) is 5.84. The van der Waals surface area contributed by atoms with Gasteiger partial charge < -0.3 is 0 Å². The summed E-state index contributed by atoms with van der Waals surface area (Å²) in [6.45, 7) is 2.32. The SMILES string of the molecule is CC1=CC[C@@H]2[C@H]3CC[C@@H](C3)[C@H]2C1. The standard InChI is InChI=1S/C12H18/c1-8-2-5-11-9-3-4-10(7-9)12(11)6-8/h2,9-12H,3-7H2,1H3/t9-,10-,11+,12+/m0/s1. The molecule has 0 heteroatoms. The predicted octanol–water partition coefficient (Wildman–Crippen LogP) is 3.39. The fourth-order valence-electron chi connectivity index (χ4n) is 4.01. The molecule has 0 heterocycles. The first-order valence-corrected chi connectivity index (χ1v) is 5.50. The quantitative estimate of drug-likeness (QED) is 0.479. The zero-order chi connectivity index (χ0) is 8.13. The third kappa shape index (κ3) is 0.841. The second-order valence-corrected chi connectivity index (χ2v) is 5.15. The van der Waals surface area contributed by atoms with E-state index in [0.29, 0.717) is 0 Å². The number of fused-ring (bicyclic) bond motifs is 5. The van der Waals surface area contributed by atoms with Gasteiger partial charge >= 0.3 is 0 Å². The average Bonchev–Trinajstić information content (AvgIpc) is 2.63. The summed E-state index contributed by atoms with van der Waals surface area (Å²) in [5.41, 5.74) is 1.67. The topological polar surface area (TPSA) is 0 Å². The molecule has 0 aromatic heterocycles. The van der Waals surface area contributed by atoms with Crippen LogP contribution in [0, 0.1) is 23.7 Å². The van der Waals surface area contributed by atoms with E-state index >= 15 is 0 Å². The first kappa shape index (κ1) is 7.17. The minimum atomic E-state index is 1.10. The van der Waals surface area contributed by atoms with Gasteiger partial charge in [-0.05, 0) is 62.7 Å². The molecule has 0 aromatic carbocycles. The van der Waals surface area contributed by atoms with Crippen LogP contribution in [-0.4, -0.2) is 0 Å². The molecule has 12 heavy (non-hydrogen) atoms. The molecule has 2 bridgehead atoms. The smallest absolute Gasteiger partial charge is 0.0289 e. The molecule has 0 radical (unpaired) electrons. The van der Waals surface area contributed by atoms with Gasteiger partial charge in [-0.3, -0.25) is 0 Å². The maximum Gasteiger partial charge on any atom is -0.0289 e. The van der Waals surface area contributed by atoms with Gasteiger partial charge in [-0.15, -0.1) is 0 Å². The van der Waals surface area contributed by atoms with Gasteiger partial charge in [0.15, 0.2) is 0 Å². The molecule has 3 aliphatic rings. The van der Waals surface area contributed by atoms with Crippen LogP contribution in [0.1, 0.15) is 39.0 Å². The lowest BCUT2D eigenvalue weighted by atomic mass is 9.72. The van der Waals surface area contributed by atoms with Crippen LogP contribution in [0.15, 0.2) is 11.6 Å². The minimum Gasteiger partial charge on any atom is -0.0853 e. The van der Waals surface area contributed by atoms with Crippen molar-refractivity contribution in [3.05, 3.63) is 11.6 Å². The summed E-state index contributed by atoms with van der Waals surface area (Å²) in [5.74, 6) is 4.47. The highest BCUT2D eigenvalue weighted by Gasteiger charge is 2.47. The van der Waals surface area contributed by atoms with Crippen LogP contribution in [-0.2, 0) is 0 Å². The molecule has 0 spiro atoms. The van der Waals surface area contributed by atoms with Crippen LogP contribution in [0.2, 0.25) is 0 Å². The lowest BCUT2D eigenvalue weighted by molar-refractivity contribution is 0.210. The van der Waals surface area contributed by atoms with Crippen molar-refractivity contribution in [2.45, 2.75) is 39.0 Å². The Morgan fingerprint density at radius 2 is 1.92 bits per heavy atom. The third-order valence-corrected chi connectivity index (χ3v) is 4.57. The molecule has 0 aliphatic heterocycles. The summed E-state index contributed by atoms with van der Waals surface area (Å²) >= 11 is 0.